The van der Waals surface area contributed by atoms with Crippen molar-refractivity contribution in [1.29, 1.82) is 0 Å². The van der Waals surface area contributed by atoms with Crippen molar-refractivity contribution >= 4 is 50.0 Å². The first kappa shape index (κ1) is 9.07. The quantitative estimate of drug-likeness (QED) is 0.519. The monoisotopic (exact) mass is 186 g/mol. The van der Waals surface area contributed by atoms with E-state index < -0.39 is 0 Å². The minimum atomic E-state index is 0.106. The lowest BCUT2D eigenvalue weighted by atomic mass is 10.5. The Labute approximate surface area is 67.0 Å². The van der Waals surface area contributed by atoms with Crippen LogP contribution in [0.25, 0.3) is 0 Å². The first-order valence-corrected chi connectivity index (χ1v) is 5.82. The zero-order chi connectivity index (χ0) is 6.41. The Morgan fingerprint density at radius 3 is 2.50 bits per heavy atom. The van der Waals surface area contributed by atoms with E-state index >= 15 is 0 Å². The first-order chi connectivity index (χ1) is 3.81. The van der Waals surface area contributed by atoms with E-state index in [0.29, 0.717) is 6.42 Å². The van der Waals surface area contributed by atoms with E-state index in [0.717, 1.165) is 16.5 Å². The molecule has 0 saturated heterocycles. The van der Waals surface area contributed by atoms with Gasteiger partial charge in [0.25, 0.3) is 0 Å². The normalized spacial score (nSPS) is 9.25. The minimum Gasteiger partial charge on any atom is -0.286 e. The summed E-state index contributed by atoms with van der Waals surface area (Å²) in [5, 5.41) is 0.106. The molecule has 0 bridgehead atoms. The maximum Gasteiger partial charge on any atom is 0.200 e. The number of hydrogen-bond donors (Lipinski definition) is 2. The van der Waals surface area contributed by atoms with E-state index in [2.05, 4.69) is 23.3 Å². The summed E-state index contributed by atoms with van der Waals surface area (Å²) in [6, 6.07) is 0. The molecule has 0 saturated carbocycles. The van der Waals surface area contributed by atoms with Crippen molar-refractivity contribution < 1.29 is 4.79 Å². The molecule has 0 atom stereocenters. The van der Waals surface area contributed by atoms with E-state index in [9.17, 15) is 4.79 Å². The highest BCUT2D eigenvalue weighted by atomic mass is 33.1. The molecule has 0 aliphatic rings. The predicted molar refractivity (Wildman–Crippen MR) is 47.6 cm³/mol. The van der Waals surface area contributed by atoms with Gasteiger partial charge >= 0.3 is 0 Å². The van der Waals surface area contributed by atoms with Crippen LogP contribution in [-0.2, 0) is 4.79 Å². The highest BCUT2D eigenvalue weighted by Gasteiger charge is 1.96. The average molecular weight is 186 g/mol. The molecule has 0 aromatic heterocycles. The Morgan fingerprint density at radius 2 is 2.12 bits per heavy atom. The Bertz CT molecular complexity index is 73.7. The number of carbonyl (C=O) groups excluding carboxylic acids is 1. The Kier molecular flexibility index (Phi) is 7.02. The van der Waals surface area contributed by atoms with Gasteiger partial charge in [0.2, 0.25) is 0 Å². The van der Waals surface area contributed by atoms with Gasteiger partial charge in [0, 0.05) is 12.2 Å². The molecule has 0 unspecified atom stereocenters. The molecule has 0 rings (SSSR count). The van der Waals surface area contributed by atoms with Crippen LogP contribution in [0.2, 0.25) is 0 Å². The first-order valence-electron chi connectivity index (χ1n) is 1.92. The second kappa shape index (κ2) is 6.19. The molecule has 0 spiro atoms. The Balaban J connectivity index is 2.99. The van der Waals surface area contributed by atoms with Gasteiger partial charge in [0.1, 0.15) is 0 Å². The maximum atomic E-state index is 10.4. The number of carbonyl (C=O) groups is 1. The van der Waals surface area contributed by atoms with Crippen molar-refractivity contribution in [1.82, 2.24) is 0 Å². The van der Waals surface area contributed by atoms with Gasteiger partial charge in [-0.1, -0.05) is 10.8 Å². The second-order valence-corrected chi connectivity index (χ2v) is 3.67. The van der Waals surface area contributed by atoms with Crippen LogP contribution in [0.3, 0.4) is 0 Å². The number of rotatable bonds is 3. The highest BCUT2D eigenvalue weighted by molar-refractivity contribution is 8.74. The largest absolute Gasteiger partial charge is 0.286 e. The van der Waals surface area contributed by atoms with Crippen molar-refractivity contribution in [2.24, 2.45) is 0 Å². The fraction of sp³-hybridized carbons (Fsp3) is 0.667. The van der Waals surface area contributed by atoms with E-state index in [1.807, 2.05) is 0 Å². The lowest BCUT2D eigenvalue weighted by Gasteiger charge is -1.89. The van der Waals surface area contributed by atoms with Crippen LogP contribution < -0.4 is 0 Å². The molecule has 0 aromatic carbocycles. The van der Waals surface area contributed by atoms with Gasteiger partial charge in [-0.15, -0.1) is 23.3 Å². The fourth-order valence-electron chi connectivity index (χ4n) is 0.175. The number of hydrogen-bond acceptors (Lipinski definition) is 5. The molecular weight excluding hydrogens is 180 g/mol. The van der Waals surface area contributed by atoms with Gasteiger partial charge in [0.15, 0.2) is 5.12 Å². The summed E-state index contributed by atoms with van der Waals surface area (Å²) in [5.41, 5.74) is 0. The standard InChI is InChI=1S/C3H6OS4/c4-3(8-6)1-2-7-5/h5-6H,1-2H2. The predicted octanol–water partition coefficient (Wildman–Crippen LogP) is 2.06. The molecule has 5 heteroatoms. The molecular formula is C3H6OS4. The Morgan fingerprint density at radius 1 is 1.50 bits per heavy atom. The van der Waals surface area contributed by atoms with E-state index in [1.165, 1.54) is 10.8 Å². The van der Waals surface area contributed by atoms with Gasteiger partial charge < -0.3 is 0 Å². The molecule has 0 amide bonds. The smallest absolute Gasteiger partial charge is 0.200 e. The third kappa shape index (κ3) is 5.21. The summed E-state index contributed by atoms with van der Waals surface area (Å²) < 4.78 is 0. The summed E-state index contributed by atoms with van der Waals surface area (Å²) in [6.45, 7) is 0. The molecule has 0 N–H and O–H groups in total. The molecule has 0 fully saturated rings. The van der Waals surface area contributed by atoms with E-state index in [1.54, 1.807) is 0 Å². The Hall–Kier alpha value is 1.07. The fourth-order valence-corrected chi connectivity index (χ4v) is 1.32. The van der Waals surface area contributed by atoms with E-state index in [-0.39, 0.29) is 5.12 Å². The van der Waals surface area contributed by atoms with Crippen molar-refractivity contribution in [2.45, 2.75) is 6.42 Å². The third-order valence-corrected chi connectivity index (χ3v) is 2.45. The lowest BCUT2D eigenvalue weighted by Crippen LogP contribution is -1.88. The van der Waals surface area contributed by atoms with Gasteiger partial charge in [-0.05, 0) is 10.8 Å². The average Bonchev–Trinajstić information content (AvgIpc) is 1.83. The SMILES string of the molecule is O=C(CCSS)SS. The van der Waals surface area contributed by atoms with Crippen molar-refractivity contribution in [3.05, 3.63) is 0 Å². The van der Waals surface area contributed by atoms with Crippen LogP contribution in [-0.4, -0.2) is 10.9 Å². The van der Waals surface area contributed by atoms with Crippen LogP contribution in [0.4, 0.5) is 0 Å². The molecule has 1 nitrogen and oxygen atoms in total. The zero-order valence-corrected chi connectivity index (χ0v) is 7.46. The van der Waals surface area contributed by atoms with E-state index in [4.69, 9.17) is 0 Å². The lowest BCUT2D eigenvalue weighted by molar-refractivity contribution is -0.110. The van der Waals surface area contributed by atoms with Crippen molar-refractivity contribution in [2.75, 3.05) is 5.75 Å². The van der Waals surface area contributed by atoms with Gasteiger partial charge in [-0.25, -0.2) is 0 Å². The number of thiol groups is 2. The molecule has 0 aliphatic heterocycles. The topological polar surface area (TPSA) is 17.1 Å². The van der Waals surface area contributed by atoms with Crippen molar-refractivity contribution in [3.8, 4) is 0 Å². The summed E-state index contributed by atoms with van der Waals surface area (Å²) in [6.07, 6.45) is 0.558. The minimum absolute atomic E-state index is 0.106. The molecule has 8 heavy (non-hydrogen) atoms. The summed E-state index contributed by atoms with van der Waals surface area (Å²) in [7, 11) is 2.34. The van der Waals surface area contributed by atoms with Gasteiger partial charge in [-0.2, -0.15) is 0 Å². The second-order valence-electron chi connectivity index (χ2n) is 1.05. The molecule has 48 valence electrons. The molecule has 0 heterocycles. The summed E-state index contributed by atoms with van der Waals surface area (Å²) in [5.74, 6) is 0.773. The maximum absolute atomic E-state index is 10.4. The summed E-state index contributed by atoms with van der Waals surface area (Å²) >= 11 is 7.59. The van der Waals surface area contributed by atoms with Crippen LogP contribution in [0.1, 0.15) is 6.42 Å². The molecule has 0 radical (unpaired) electrons. The zero-order valence-electron chi connectivity index (χ0n) is 4.03. The van der Waals surface area contributed by atoms with Gasteiger partial charge in [-0.3, -0.25) is 4.79 Å². The van der Waals surface area contributed by atoms with Crippen LogP contribution in [0, 0.1) is 0 Å². The summed E-state index contributed by atoms with van der Waals surface area (Å²) in [4.78, 5) is 10.4. The van der Waals surface area contributed by atoms with Crippen molar-refractivity contribution in [3.63, 3.8) is 0 Å². The van der Waals surface area contributed by atoms with Gasteiger partial charge in [0.05, 0.1) is 0 Å². The third-order valence-electron chi connectivity index (χ3n) is 0.499. The van der Waals surface area contributed by atoms with Crippen LogP contribution in [0.15, 0.2) is 0 Å². The van der Waals surface area contributed by atoms with Crippen LogP contribution >= 0.6 is 44.9 Å². The van der Waals surface area contributed by atoms with Crippen LogP contribution in [0.5, 0.6) is 0 Å². The highest BCUT2D eigenvalue weighted by Crippen LogP contribution is 2.13. The molecule has 0 aromatic rings. The molecule has 0 aliphatic carbocycles.